The fourth-order valence-electron chi connectivity index (χ4n) is 1.52. The first kappa shape index (κ1) is 15.7. The quantitative estimate of drug-likeness (QED) is 0.640. The largest absolute Gasteiger partial charge is 0.573 e. The summed E-state index contributed by atoms with van der Waals surface area (Å²) < 4.78 is 78.1. The predicted molar refractivity (Wildman–Crippen MR) is 56.2 cm³/mol. The topological polar surface area (TPSA) is 69.9 Å². The second-order valence-corrected chi connectivity index (χ2v) is 3.80. The Balaban J connectivity index is 2.47. The van der Waals surface area contributed by atoms with Crippen LogP contribution in [0.3, 0.4) is 0 Å². The van der Waals surface area contributed by atoms with Gasteiger partial charge in [0.05, 0.1) is 11.3 Å². The average molecular weight is 326 g/mol. The van der Waals surface area contributed by atoms with Crippen LogP contribution in [0.5, 0.6) is 5.75 Å². The summed E-state index contributed by atoms with van der Waals surface area (Å²) in [7, 11) is 0. The number of tetrazole rings is 1. The van der Waals surface area contributed by atoms with Gasteiger partial charge in [0.2, 0.25) is 0 Å². The van der Waals surface area contributed by atoms with E-state index in [1.54, 1.807) is 0 Å². The summed E-state index contributed by atoms with van der Waals surface area (Å²) in [4.78, 5) is 10.8. The molecule has 0 aliphatic carbocycles. The van der Waals surface area contributed by atoms with Crippen molar-refractivity contribution in [2.75, 3.05) is 0 Å². The fraction of sp³-hybridized carbons (Fsp3) is 0.200. The lowest BCUT2D eigenvalue weighted by Gasteiger charge is -2.12. The number of aromatic nitrogens is 4. The number of aldehydes is 1. The minimum Gasteiger partial charge on any atom is -0.405 e. The van der Waals surface area contributed by atoms with E-state index in [4.69, 9.17) is 0 Å². The van der Waals surface area contributed by atoms with Gasteiger partial charge in [-0.2, -0.15) is 17.9 Å². The Hall–Kier alpha value is -2.66. The van der Waals surface area contributed by atoms with Crippen molar-refractivity contribution in [3.63, 3.8) is 0 Å². The van der Waals surface area contributed by atoms with Crippen LogP contribution < -0.4 is 4.74 Å². The zero-order valence-electron chi connectivity index (χ0n) is 10.2. The molecule has 6 nitrogen and oxygen atoms in total. The van der Waals surface area contributed by atoms with E-state index in [-0.39, 0.29) is 16.7 Å². The molecule has 0 fully saturated rings. The Morgan fingerprint density at radius 1 is 1.14 bits per heavy atom. The number of hydrogen-bond donors (Lipinski definition) is 0. The molecule has 0 aliphatic rings. The van der Waals surface area contributed by atoms with Gasteiger partial charge >= 0.3 is 12.5 Å². The normalized spacial score (nSPS) is 12.3. The molecule has 0 saturated heterocycles. The van der Waals surface area contributed by atoms with Crippen molar-refractivity contribution < 1.29 is 35.9 Å². The van der Waals surface area contributed by atoms with Crippen LogP contribution in [0.15, 0.2) is 18.2 Å². The third-order valence-electron chi connectivity index (χ3n) is 2.31. The molecule has 0 spiro atoms. The molecule has 1 aromatic carbocycles. The van der Waals surface area contributed by atoms with Gasteiger partial charge in [-0.25, -0.2) is 0 Å². The number of ether oxygens (including phenoxy) is 1. The first-order valence-electron chi connectivity index (χ1n) is 5.33. The van der Waals surface area contributed by atoms with Gasteiger partial charge in [-0.15, -0.1) is 18.3 Å². The molecule has 2 rings (SSSR count). The number of benzene rings is 1. The number of carbonyl (C=O) groups is 1. The van der Waals surface area contributed by atoms with Crippen molar-refractivity contribution in [2.24, 2.45) is 0 Å². The highest BCUT2D eigenvalue weighted by molar-refractivity contribution is 5.80. The molecular weight excluding hydrogens is 322 g/mol. The molecule has 2 aromatic rings. The molecule has 22 heavy (non-hydrogen) atoms. The Labute approximate surface area is 117 Å². The van der Waals surface area contributed by atoms with E-state index >= 15 is 0 Å². The summed E-state index contributed by atoms with van der Waals surface area (Å²) in [5.41, 5.74) is -0.965. The minimum atomic E-state index is -5.05. The van der Waals surface area contributed by atoms with Crippen molar-refractivity contribution in [1.29, 1.82) is 0 Å². The second kappa shape index (κ2) is 5.27. The molecule has 0 amide bonds. The molecule has 0 N–H and O–H groups in total. The van der Waals surface area contributed by atoms with Crippen molar-refractivity contribution >= 4 is 6.29 Å². The molecule has 118 valence electrons. The third-order valence-corrected chi connectivity index (χ3v) is 2.31. The monoisotopic (exact) mass is 326 g/mol. The van der Waals surface area contributed by atoms with Crippen molar-refractivity contribution in [1.82, 2.24) is 20.2 Å². The van der Waals surface area contributed by atoms with E-state index in [9.17, 15) is 31.1 Å². The van der Waals surface area contributed by atoms with Crippen LogP contribution in [0.4, 0.5) is 26.3 Å². The number of carbonyl (C=O) groups excluding carboxylic acids is 1. The lowest BCUT2D eigenvalue weighted by Crippen LogP contribution is -2.18. The molecule has 0 atom stereocenters. The molecule has 0 unspecified atom stereocenters. The van der Waals surface area contributed by atoms with E-state index < -0.39 is 29.7 Å². The zero-order valence-corrected chi connectivity index (χ0v) is 10.2. The highest BCUT2D eigenvalue weighted by Crippen LogP contribution is 2.30. The summed E-state index contributed by atoms with van der Waals surface area (Å²) in [6.45, 7) is 0. The van der Waals surface area contributed by atoms with E-state index in [0.29, 0.717) is 6.07 Å². The lowest BCUT2D eigenvalue weighted by molar-refractivity contribution is -0.274. The van der Waals surface area contributed by atoms with Gasteiger partial charge in [0.1, 0.15) is 5.75 Å². The zero-order chi connectivity index (χ0) is 16.5. The van der Waals surface area contributed by atoms with Crippen LogP contribution in [0.2, 0.25) is 0 Å². The summed E-state index contributed by atoms with van der Waals surface area (Å²) in [5, 5.41) is 8.71. The number of alkyl halides is 6. The van der Waals surface area contributed by atoms with Gasteiger partial charge in [0.25, 0.3) is 5.82 Å². The van der Waals surface area contributed by atoms with E-state index in [1.165, 1.54) is 0 Å². The van der Waals surface area contributed by atoms with Crippen LogP contribution in [0, 0.1) is 0 Å². The van der Waals surface area contributed by atoms with Crippen LogP contribution in [0.25, 0.3) is 5.69 Å². The Morgan fingerprint density at radius 2 is 1.82 bits per heavy atom. The summed E-state index contributed by atoms with van der Waals surface area (Å²) >= 11 is 0. The second-order valence-electron chi connectivity index (χ2n) is 3.80. The molecule has 0 bridgehead atoms. The standard InChI is InChI=1S/C10H4F6N4O2/c11-9(12,13)8-17-18-19-20(8)6-1-2-7(5(3-6)4-21)22-10(14,15)16/h1-4H. The highest BCUT2D eigenvalue weighted by Gasteiger charge is 2.38. The van der Waals surface area contributed by atoms with E-state index in [1.807, 2.05) is 0 Å². The smallest absolute Gasteiger partial charge is 0.405 e. The number of halogens is 6. The average Bonchev–Trinajstić information content (AvgIpc) is 2.86. The fourth-order valence-corrected chi connectivity index (χ4v) is 1.52. The number of nitrogens with zero attached hydrogens (tertiary/aromatic N) is 4. The van der Waals surface area contributed by atoms with Crippen LogP contribution in [0.1, 0.15) is 16.2 Å². The van der Waals surface area contributed by atoms with Gasteiger partial charge in [0.15, 0.2) is 6.29 Å². The van der Waals surface area contributed by atoms with Gasteiger partial charge in [-0.3, -0.25) is 4.79 Å². The SMILES string of the molecule is O=Cc1cc(-n2nnnc2C(F)(F)F)ccc1OC(F)(F)F. The van der Waals surface area contributed by atoms with Gasteiger partial charge in [-0.05, 0) is 28.6 Å². The first-order valence-corrected chi connectivity index (χ1v) is 5.33. The number of hydrogen-bond acceptors (Lipinski definition) is 5. The maximum Gasteiger partial charge on any atom is 0.573 e. The van der Waals surface area contributed by atoms with Crippen LogP contribution in [-0.4, -0.2) is 32.9 Å². The molecule has 0 radical (unpaired) electrons. The molecular formula is C10H4F6N4O2. The summed E-state index contributed by atoms with van der Waals surface area (Å²) in [6.07, 6.45) is -9.93. The Bertz CT molecular complexity index is 693. The summed E-state index contributed by atoms with van der Waals surface area (Å²) in [5.74, 6) is -2.35. The predicted octanol–water partition coefficient (Wildman–Crippen LogP) is 2.39. The van der Waals surface area contributed by atoms with Crippen molar-refractivity contribution in [3.8, 4) is 11.4 Å². The minimum absolute atomic E-state index is 0.00217. The molecule has 1 aromatic heterocycles. The highest BCUT2D eigenvalue weighted by atomic mass is 19.4. The maximum atomic E-state index is 12.6. The maximum absolute atomic E-state index is 12.6. The van der Waals surface area contributed by atoms with E-state index in [0.717, 1.165) is 12.1 Å². The number of rotatable bonds is 3. The molecule has 0 aliphatic heterocycles. The van der Waals surface area contributed by atoms with Crippen LogP contribution >= 0.6 is 0 Å². The molecule has 1 heterocycles. The lowest BCUT2D eigenvalue weighted by atomic mass is 10.2. The van der Waals surface area contributed by atoms with Gasteiger partial charge < -0.3 is 4.74 Å². The summed E-state index contributed by atoms with van der Waals surface area (Å²) in [6, 6.07) is 2.27. The molecule has 0 saturated carbocycles. The first-order chi connectivity index (χ1) is 10.1. The third kappa shape index (κ3) is 3.32. The van der Waals surface area contributed by atoms with Crippen molar-refractivity contribution in [2.45, 2.75) is 12.5 Å². The van der Waals surface area contributed by atoms with Crippen LogP contribution in [-0.2, 0) is 6.18 Å². The van der Waals surface area contributed by atoms with Crippen molar-refractivity contribution in [3.05, 3.63) is 29.6 Å². The van der Waals surface area contributed by atoms with Gasteiger partial charge in [0, 0.05) is 0 Å². The Morgan fingerprint density at radius 3 is 2.36 bits per heavy atom. The Kier molecular flexibility index (Phi) is 3.77. The van der Waals surface area contributed by atoms with Gasteiger partial charge in [-0.1, -0.05) is 0 Å². The molecule has 12 heteroatoms. The van der Waals surface area contributed by atoms with E-state index in [2.05, 4.69) is 20.3 Å².